The van der Waals surface area contributed by atoms with E-state index in [1.165, 1.54) is 32.1 Å². The molecule has 0 aromatic rings. The molecule has 0 heterocycles. The molecule has 0 saturated carbocycles. The predicted molar refractivity (Wildman–Crippen MR) is 281 cm³/mol. The van der Waals surface area contributed by atoms with Crippen molar-refractivity contribution in [3.63, 3.8) is 0 Å². The number of hydrogen-bond donors (Lipinski definition) is 5. The van der Waals surface area contributed by atoms with Crippen LogP contribution >= 0.6 is 0 Å². The molecule has 67 heavy (non-hydrogen) atoms. The summed E-state index contributed by atoms with van der Waals surface area (Å²) in [5, 5.41) is 28.8. The molecule has 0 aliphatic carbocycles. The van der Waals surface area contributed by atoms with Crippen molar-refractivity contribution in [3.05, 3.63) is 12.3 Å². The highest BCUT2D eigenvalue weighted by Crippen LogP contribution is 2.36. The Kier molecular flexibility index (Phi) is 34.8. The molecule has 12 nitrogen and oxygen atoms in total. The van der Waals surface area contributed by atoms with Gasteiger partial charge in [0.1, 0.15) is 0 Å². The Hall–Kier alpha value is -2.70. The van der Waals surface area contributed by atoms with Crippen LogP contribution in [0.4, 0.5) is 0 Å². The van der Waals surface area contributed by atoms with Crippen LogP contribution in [0, 0.1) is 35.5 Å². The number of nitrogens with zero attached hydrogens (tertiary/aromatic N) is 3. The van der Waals surface area contributed by atoms with Gasteiger partial charge in [0.15, 0.2) is 0 Å². The van der Waals surface area contributed by atoms with Crippen LogP contribution in [0.2, 0.25) is 0 Å². The lowest BCUT2D eigenvalue weighted by atomic mass is 9.74. The van der Waals surface area contributed by atoms with Crippen molar-refractivity contribution in [2.24, 2.45) is 35.5 Å². The first-order valence-corrected chi connectivity index (χ1v) is 27.4. The smallest absolute Gasteiger partial charge is 0.309 e. The topological polar surface area (TPSA) is 145 Å². The molecule has 6 unspecified atom stereocenters. The van der Waals surface area contributed by atoms with Gasteiger partial charge in [-0.1, -0.05) is 99.5 Å². The highest BCUT2D eigenvalue weighted by atomic mass is 16.4. The summed E-state index contributed by atoms with van der Waals surface area (Å²) in [4.78, 5) is 51.5. The third kappa shape index (κ3) is 32.7. The summed E-state index contributed by atoms with van der Waals surface area (Å²) in [5.41, 5.74) is 1.01. The van der Waals surface area contributed by atoms with E-state index in [0.29, 0.717) is 41.1 Å². The lowest BCUT2D eigenvalue weighted by molar-refractivity contribution is -0.890. The minimum Gasteiger partial charge on any atom is -0.481 e. The predicted octanol–water partition coefficient (Wildman–Crippen LogP) is 10.1. The first-order valence-electron chi connectivity index (χ1n) is 27.4. The van der Waals surface area contributed by atoms with Gasteiger partial charge < -0.3 is 39.6 Å². The van der Waals surface area contributed by atoms with Crippen molar-refractivity contribution in [3.8, 4) is 0 Å². The Balaban J connectivity index is 6.48. The van der Waals surface area contributed by atoms with Gasteiger partial charge in [0.25, 0.3) is 0 Å². The summed E-state index contributed by atoms with van der Waals surface area (Å²) in [5.74, 6) is -0.244. The van der Waals surface area contributed by atoms with E-state index in [1.54, 1.807) is 0 Å². The minimum atomic E-state index is -0.786. The zero-order valence-corrected chi connectivity index (χ0v) is 46.0. The number of unbranched alkanes of at least 4 members (excludes halogenated alkanes) is 4. The van der Waals surface area contributed by atoms with E-state index in [0.717, 1.165) is 139 Å². The SMILES string of the molecule is C=C(NCCC[N+](C)(C)CCC(=O)O)C(C)CCC(CCCC)C(CCC(CCCC)C(CCC(C)CCCC)C(=O)NCCC[N+](C)(C)CCCC)C(=O)NCCC[N+](C)(C)CCC(=O)O. The second kappa shape index (κ2) is 36.3. The fraction of sp³-hybridized carbons (Fsp3) is 0.891. The quantitative estimate of drug-likeness (QED) is 0.0302. The van der Waals surface area contributed by atoms with Crippen LogP contribution in [-0.2, 0) is 19.2 Å². The number of aliphatic carboxylic acids is 2. The van der Waals surface area contributed by atoms with Crippen LogP contribution in [0.3, 0.4) is 0 Å². The van der Waals surface area contributed by atoms with Gasteiger partial charge in [-0.3, -0.25) is 19.2 Å². The summed E-state index contributed by atoms with van der Waals surface area (Å²) in [6.45, 7) is 25.0. The van der Waals surface area contributed by atoms with Crippen LogP contribution < -0.4 is 16.0 Å². The lowest BCUT2D eigenvalue weighted by Crippen LogP contribution is -2.44. The number of carboxylic acid groups (broad SMARTS) is 2. The first-order chi connectivity index (χ1) is 31.5. The number of rotatable bonds is 45. The molecule has 0 radical (unpaired) electrons. The number of carbonyl (C=O) groups is 4. The minimum absolute atomic E-state index is 0.0715. The fourth-order valence-corrected chi connectivity index (χ4v) is 9.73. The zero-order valence-electron chi connectivity index (χ0n) is 46.0. The molecule has 0 rings (SSSR count). The van der Waals surface area contributed by atoms with Crippen LogP contribution in [0.5, 0.6) is 0 Å². The number of hydrogen-bond acceptors (Lipinski definition) is 5. The standard InChI is InChI=1S/C55H108N6O6/c1-14-18-25-45(5)28-32-50(54(66)57-37-23-40-59(8,9)39-21-17-4)49(27-20-16-3)31-33-51(55(67)58-38-24-42-61(12,13)44-35-53(64)65)48(26-19-15-2)30-29-46(6)47(7)56-36-22-41-60(10,11)43-34-52(62)63/h45-46,48-51,56H,7,14-44H2,1-6,8-13H3,(H-3,57,58,62,63,64,65,66,67)/p+3. The molecular formula is C55H111N6O6+3. The lowest BCUT2D eigenvalue weighted by Gasteiger charge is -2.33. The van der Waals surface area contributed by atoms with Crippen LogP contribution in [0.1, 0.15) is 183 Å². The van der Waals surface area contributed by atoms with Gasteiger partial charge in [0.2, 0.25) is 11.8 Å². The largest absolute Gasteiger partial charge is 0.481 e. The maximum atomic E-state index is 14.6. The molecule has 0 aliphatic rings. The van der Waals surface area contributed by atoms with E-state index in [4.69, 9.17) is 5.11 Å². The van der Waals surface area contributed by atoms with E-state index >= 15 is 0 Å². The van der Waals surface area contributed by atoms with Gasteiger partial charge in [0.05, 0.1) is 94.4 Å². The summed E-state index contributed by atoms with van der Waals surface area (Å²) in [7, 11) is 12.9. The summed E-state index contributed by atoms with van der Waals surface area (Å²) >= 11 is 0. The van der Waals surface area contributed by atoms with E-state index in [1.807, 2.05) is 0 Å². The molecule has 0 aromatic heterocycles. The summed E-state index contributed by atoms with van der Waals surface area (Å²) in [6.07, 6.45) is 20.6. The average Bonchev–Trinajstić information content (AvgIpc) is 3.27. The van der Waals surface area contributed by atoms with Crippen LogP contribution in [0.15, 0.2) is 12.3 Å². The van der Waals surface area contributed by atoms with E-state index in [-0.39, 0.29) is 54.2 Å². The molecular weight excluding hydrogens is 841 g/mol. The molecule has 2 amide bonds. The maximum Gasteiger partial charge on any atom is 0.309 e. The van der Waals surface area contributed by atoms with Crippen molar-refractivity contribution < 1.29 is 42.8 Å². The number of allylic oxidation sites excluding steroid dienone is 1. The fourth-order valence-electron chi connectivity index (χ4n) is 9.73. The molecule has 12 heteroatoms. The van der Waals surface area contributed by atoms with E-state index in [2.05, 4.69) is 106 Å². The number of nitrogens with one attached hydrogen (secondary N) is 3. The number of amides is 2. The van der Waals surface area contributed by atoms with Crippen molar-refractivity contribution in [2.75, 3.05) is 101 Å². The first kappa shape index (κ1) is 64.3. The summed E-state index contributed by atoms with van der Waals surface area (Å²) in [6, 6.07) is 0. The Morgan fingerprint density at radius 1 is 0.448 bits per heavy atom. The van der Waals surface area contributed by atoms with Gasteiger partial charge >= 0.3 is 11.9 Å². The summed E-state index contributed by atoms with van der Waals surface area (Å²) < 4.78 is 2.24. The van der Waals surface area contributed by atoms with Gasteiger partial charge in [-0.2, -0.15) is 0 Å². The highest BCUT2D eigenvalue weighted by Gasteiger charge is 2.33. The Morgan fingerprint density at radius 2 is 0.806 bits per heavy atom. The third-order valence-electron chi connectivity index (χ3n) is 14.9. The molecule has 0 aliphatic heterocycles. The third-order valence-corrected chi connectivity index (χ3v) is 14.9. The van der Waals surface area contributed by atoms with E-state index < -0.39 is 11.9 Å². The molecule has 0 saturated heterocycles. The molecule has 0 spiro atoms. The maximum absolute atomic E-state index is 14.6. The molecule has 394 valence electrons. The Bertz CT molecular complexity index is 1350. The monoisotopic (exact) mass is 952 g/mol. The normalized spacial score (nSPS) is 15.0. The van der Waals surface area contributed by atoms with Crippen molar-refractivity contribution in [1.82, 2.24) is 16.0 Å². The Labute approximate surface area is 413 Å². The second-order valence-electron chi connectivity index (χ2n) is 22.8. The highest BCUT2D eigenvalue weighted by molar-refractivity contribution is 5.79. The van der Waals surface area contributed by atoms with Gasteiger partial charge in [-0.05, 0) is 81.5 Å². The van der Waals surface area contributed by atoms with Gasteiger partial charge in [-0.25, -0.2) is 0 Å². The molecule has 0 fully saturated rings. The van der Waals surface area contributed by atoms with Crippen LogP contribution in [0.25, 0.3) is 0 Å². The second-order valence-corrected chi connectivity index (χ2v) is 22.8. The van der Waals surface area contributed by atoms with E-state index in [9.17, 15) is 24.3 Å². The molecule has 6 atom stereocenters. The molecule has 0 aromatic carbocycles. The Morgan fingerprint density at radius 3 is 1.22 bits per heavy atom. The van der Waals surface area contributed by atoms with Gasteiger partial charge in [-0.15, -0.1) is 0 Å². The number of quaternary nitrogens is 3. The average molecular weight is 953 g/mol. The number of carboxylic acids is 2. The van der Waals surface area contributed by atoms with Crippen LogP contribution in [-0.4, -0.2) is 149 Å². The van der Waals surface area contributed by atoms with Crippen molar-refractivity contribution >= 4 is 23.8 Å². The molecule has 5 N–H and O–H groups in total. The number of carbonyl (C=O) groups excluding carboxylic acids is 2. The van der Waals surface area contributed by atoms with Crippen molar-refractivity contribution in [2.45, 2.75) is 183 Å². The zero-order chi connectivity index (χ0) is 50.9. The van der Waals surface area contributed by atoms with Crippen molar-refractivity contribution in [1.29, 1.82) is 0 Å². The van der Waals surface area contributed by atoms with Gasteiger partial charge in [0, 0.05) is 56.4 Å². The molecule has 0 bridgehead atoms.